The minimum Gasteiger partial charge on any atom is -0.469 e. The number of methoxy groups -OCH3 is 1. The Bertz CT molecular complexity index is 722. The van der Waals surface area contributed by atoms with Gasteiger partial charge in [-0.2, -0.15) is 5.10 Å². The Morgan fingerprint density at radius 3 is 2.58 bits per heavy atom. The zero-order valence-corrected chi connectivity index (χ0v) is 15.0. The Labute approximate surface area is 153 Å². The number of hydrogen-bond donors (Lipinski definition) is 0. The Morgan fingerprint density at radius 1 is 1.23 bits per heavy atom. The van der Waals surface area contributed by atoms with E-state index in [9.17, 15) is 9.59 Å². The van der Waals surface area contributed by atoms with Crippen molar-refractivity contribution in [3.05, 3.63) is 48.0 Å². The van der Waals surface area contributed by atoms with Crippen LogP contribution in [-0.2, 0) is 16.1 Å². The monoisotopic (exact) mass is 356 g/mol. The van der Waals surface area contributed by atoms with Crippen molar-refractivity contribution < 1.29 is 14.3 Å². The second-order valence-electron chi connectivity index (χ2n) is 6.55. The zero-order chi connectivity index (χ0) is 18.4. The number of carbonyl (C=O) groups excluding carboxylic acids is 2. The van der Waals surface area contributed by atoms with E-state index in [-0.39, 0.29) is 24.3 Å². The van der Waals surface area contributed by atoms with Crippen LogP contribution < -0.4 is 0 Å². The van der Waals surface area contributed by atoms with Gasteiger partial charge in [0.15, 0.2) is 0 Å². The van der Waals surface area contributed by atoms with Gasteiger partial charge in [-0.1, -0.05) is 25.0 Å². The zero-order valence-electron chi connectivity index (χ0n) is 15.0. The van der Waals surface area contributed by atoms with Gasteiger partial charge < -0.3 is 9.64 Å². The van der Waals surface area contributed by atoms with Gasteiger partial charge in [0, 0.05) is 18.2 Å². The normalized spacial score (nSPS) is 14.3. The molecule has 0 spiro atoms. The maximum Gasteiger partial charge on any atom is 0.307 e. The molecular weight excluding hydrogens is 332 g/mol. The second kappa shape index (κ2) is 8.60. The predicted molar refractivity (Wildman–Crippen MR) is 95.5 cm³/mol. The summed E-state index contributed by atoms with van der Waals surface area (Å²) in [5.41, 5.74) is 1.69. The Balaban J connectivity index is 1.69. The molecule has 0 N–H and O–H groups in total. The lowest BCUT2D eigenvalue weighted by molar-refractivity contribution is -0.140. The van der Waals surface area contributed by atoms with E-state index in [1.807, 2.05) is 29.2 Å². The van der Waals surface area contributed by atoms with E-state index in [1.165, 1.54) is 13.4 Å². The summed E-state index contributed by atoms with van der Waals surface area (Å²) in [5.74, 6) is -0.308. The van der Waals surface area contributed by atoms with Crippen LogP contribution in [0.15, 0.2) is 36.9 Å². The number of rotatable bonds is 7. The fourth-order valence-electron chi connectivity index (χ4n) is 3.40. The van der Waals surface area contributed by atoms with Gasteiger partial charge in [-0.15, -0.1) is 0 Å². The van der Waals surface area contributed by atoms with E-state index in [0.717, 1.165) is 31.2 Å². The highest BCUT2D eigenvalue weighted by atomic mass is 16.5. The smallest absolute Gasteiger partial charge is 0.307 e. The summed E-state index contributed by atoms with van der Waals surface area (Å²) >= 11 is 0. The van der Waals surface area contributed by atoms with Gasteiger partial charge in [0.1, 0.15) is 12.7 Å². The van der Waals surface area contributed by atoms with Gasteiger partial charge in [-0.3, -0.25) is 9.59 Å². The fourth-order valence-corrected chi connectivity index (χ4v) is 3.40. The summed E-state index contributed by atoms with van der Waals surface area (Å²) in [6.07, 6.45) is 7.64. The quantitative estimate of drug-likeness (QED) is 0.711. The molecule has 1 aromatic carbocycles. The van der Waals surface area contributed by atoms with E-state index in [2.05, 4.69) is 10.1 Å². The molecule has 1 saturated carbocycles. The van der Waals surface area contributed by atoms with Crippen LogP contribution in [0.5, 0.6) is 0 Å². The fraction of sp³-hybridized carbons (Fsp3) is 0.474. The Kier molecular flexibility index (Phi) is 5.99. The van der Waals surface area contributed by atoms with Crippen molar-refractivity contribution in [3.63, 3.8) is 0 Å². The van der Waals surface area contributed by atoms with Crippen LogP contribution >= 0.6 is 0 Å². The lowest BCUT2D eigenvalue weighted by Gasteiger charge is -2.29. The summed E-state index contributed by atoms with van der Waals surface area (Å²) in [5, 5.41) is 4.09. The van der Waals surface area contributed by atoms with Crippen molar-refractivity contribution in [1.82, 2.24) is 19.7 Å². The highest BCUT2D eigenvalue weighted by molar-refractivity contribution is 5.94. The van der Waals surface area contributed by atoms with Crippen LogP contribution in [0.25, 0.3) is 0 Å². The molecule has 2 aromatic rings. The molecule has 3 rings (SSSR count). The van der Waals surface area contributed by atoms with Gasteiger partial charge in [-0.05, 0) is 30.5 Å². The number of aromatic nitrogens is 3. The van der Waals surface area contributed by atoms with Gasteiger partial charge in [-0.25, -0.2) is 9.67 Å². The van der Waals surface area contributed by atoms with Crippen LogP contribution in [0.2, 0.25) is 0 Å². The van der Waals surface area contributed by atoms with Crippen molar-refractivity contribution in [3.8, 4) is 0 Å². The molecule has 0 bridgehead atoms. The molecule has 26 heavy (non-hydrogen) atoms. The Hall–Kier alpha value is -2.70. The number of ether oxygens (including phenoxy) is 1. The van der Waals surface area contributed by atoms with Gasteiger partial charge >= 0.3 is 5.97 Å². The molecule has 0 unspecified atom stereocenters. The minimum atomic E-state index is -0.288. The largest absolute Gasteiger partial charge is 0.469 e. The number of nitrogens with zero attached hydrogens (tertiary/aromatic N) is 4. The molecule has 1 amide bonds. The first-order valence-corrected chi connectivity index (χ1v) is 8.96. The van der Waals surface area contributed by atoms with E-state index in [0.29, 0.717) is 18.7 Å². The molecule has 0 atom stereocenters. The summed E-state index contributed by atoms with van der Waals surface area (Å²) in [6, 6.07) is 7.76. The molecule has 1 aliphatic carbocycles. The molecular formula is C19H24N4O3. The third-order valence-electron chi connectivity index (χ3n) is 4.82. The minimum absolute atomic E-state index is 0.0203. The van der Waals surface area contributed by atoms with Gasteiger partial charge in [0.05, 0.1) is 20.1 Å². The van der Waals surface area contributed by atoms with Crippen molar-refractivity contribution in [1.29, 1.82) is 0 Å². The maximum atomic E-state index is 13.0. The maximum absolute atomic E-state index is 13.0. The summed E-state index contributed by atoms with van der Waals surface area (Å²) in [7, 11) is 1.37. The van der Waals surface area contributed by atoms with Crippen molar-refractivity contribution in [2.45, 2.75) is 44.7 Å². The van der Waals surface area contributed by atoms with E-state index in [4.69, 9.17) is 4.74 Å². The first kappa shape index (κ1) is 18.1. The topological polar surface area (TPSA) is 77.3 Å². The molecule has 7 nitrogen and oxygen atoms in total. The van der Waals surface area contributed by atoms with E-state index < -0.39 is 0 Å². The summed E-state index contributed by atoms with van der Waals surface area (Å²) in [4.78, 5) is 30.3. The molecule has 0 aliphatic heterocycles. The average molecular weight is 356 g/mol. The first-order chi connectivity index (χ1) is 12.7. The number of benzene rings is 1. The van der Waals surface area contributed by atoms with Crippen LogP contribution in [0.1, 0.15) is 48.0 Å². The van der Waals surface area contributed by atoms with Gasteiger partial charge in [0.2, 0.25) is 0 Å². The van der Waals surface area contributed by atoms with E-state index in [1.54, 1.807) is 11.0 Å². The number of carbonyl (C=O) groups is 2. The van der Waals surface area contributed by atoms with Crippen LogP contribution in [-0.4, -0.2) is 51.2 Å². The van der Waals surface area contributed by atoms with Crippen molar-refractivity contribution >= 4 is 11.9 Å². The molecule has 0 saturated heterocycles. The average Bonchev–Trinajstić information content (AvgIpc) is 3.36. The highest BCUT2D eigenvalue weighted by Gasteiger charge is 2.27. The molecule has 1 heterocycles. The lowest BCUT2D eigenvalue weighted by atomic mass is 10.1. The third kappa shape index (κ3) is 4.47. The molecule has 1 aromatic heterocycles. The second-order valence-corrected chi connectivity index (χ2v) is 6.55. The van der Waals surface area contributed by atoms with Crippen LogP contribution in [0.3, 0.4) is 0 Å². The number of esters is 1. The predicted octanol–water partition coefficient (Wildman–Crippen LogP) is 2.27. The third-order valence-corrected chi connectivity index (χ3v) is 4.82. The molecule has 0 radical (unpaired) electrons. The highest BCUT2D eigenvalue weighted by Crippen LogP contribution is 2.25. The standard InChI is InChI=1S/C19H24N4O3/c1-26-18(24)10-11-23(17-4-2-3-5-17)19(25)16-8-6-15(7-9-16)12-22-14-20-13-21-22/h6-9,13-14,17H,2-5,10-12H2,1H3. The van der Waals surface area contributed by atoms with Crippen molar-refractivity contribution in [2.75, 3.05) is 13.7 Å². The van der Waals surface area contributed by atoms with Crippen LogP contribution in [0.4, 0.5) is 0 Å². The SMILES string of the molecule is COC(=O)CCN(C(=O)c1ccc(Cn2cncn2)cc1)C1CCCC1. The van der Waals surface area contributed by atoms with E-state index >= 15 is 0 Å². The summed E-state index contributed by atoms with van der Waals surface area (Å²) < 4.78 is 6.46. The molecule has 138 valence electrons. The van der Waals surface area contributed by atoms with Gasteiger partial charge in [0.25, 0.3) is 5.91 Å². The van der Waals surface area contributed by atoms with Crippen LogP contribution in [0, 0.1) is 0 Å². The molecule has 7 heteroatoms. The molecule has 1 fully saturated rings. The first-order valence-electron chi connectivity index (χ1n) is 8.96. The summed E-state index contributed by atoms with van der Waals surface area (Å²) in [6.45, 7) is 1.01. The lowest BCUT2D eigenvalue weighted by Crippen LogP contribution is -2.40. The van der Waals surface area contributed by atoms with Crippen molar-refractivity contribution in [2.24, 2.45) is 0 Å². The number of amides is 1. The number of hydrogen-bond acceptors (Lipinski definition) is 5. The molecule has 1 aliphatic rings. The Morgan fingerprint density at radius 2 is 1.96 bits per heavy atom.